The zero-order valence-corrected chi connectivity index (χ0v) is 59.8. The van der Waals surface area contributed by atoms with E-state index in [1.807, 2.05) is 166 Å². The molecule has 0 amide bonds. The Morgan fingerprint density at radius 1 is 0.107 bits per heavy atom. The van der Waals surface area contributed by atoms with Gasteiger partial charge in [0.1, 0.15) is 0 Å². The van der Waals surface area contributed by atoms with Crippen LogP contribution in [-0.4, -0.2) is 0 Å². The second-order valence-corrected chi connectivity index (χ2v) is 11.8. The molecule has 0 nitrogen and oxygen atoms in total. The molecule has 0 unspecified atom stereocenters. The number of rotatable bonds is 0. The predicted octanol–water partition coefficient (Wildman–Crippen LogP) is 44.1. The van der Waals surface area contributed by atoms with Gasteiger partial charge in [0.2, 0.25) is 0 Å². The van der Waals surface area contributed by atoms with Crippen molar-refractivity contribution in [2.75, 3.05) is 0 Å². The second-order valence-electron chi connectivity index (χ2n) is 7.78. The summed E-state index contributed by atoms with van der Waals surface area (Å²) < 4.78 is 8.86. The normalized spacial score (nSPS) is 3.52. The molecule has 0 saturated carbocycles. The molecule has 0 aromatic carbocycles. The number of hydrogen-bond acceptors (Lipinski definition) is 0. The van der Waals surface area contributed by atoms with E-state index >= 15 is 0 Å². The fourth-order valence-corrected chi connectivity index (χ4v) is 0. The van der Waals surface area contributed by atoms with Gasteiger partial charge in [-0.05, 0) is 0 Å². The molecule has 2 heteroatoms. The van der Waals surface area contributed by atoms with Crippen LogP contribution in [0.1, 0.15) is 547 Å². The Hall–Kier alpha value is 3.14. The van der Waals surface area contributed by atoms with E-state index in [2.05, 4.69) is 144 Å². The van der Waals surface area contributed by atoms with E-state index in [1.54, 1.807) is 0 Å². The molecule has 84 heavy (non-hydrogen) atoms. The van der Waals surface area contributed by atoms with Gasteiger partial charge in [-0.3, -0.25) is 0 Å². The van der Waals surface area contributed by atoms with Crippen molar-refractivity contribution in [2.45, 2.75) is 553 Å². The fraction of sp³-hybridized carbons (Fsp3) is 1.00. The van der Waals surface area contributed by atoms with Gasteiger partial charge in [0.15, 0.2) is 0 Å². The number of hydrogen-bond donors (Lipinski definition) is 0. The van der Waals surface area contributed by atoms with Gasteiger partial charge in [0.05, 0.1) is 0 Å². The van der Waals surface area contributed by atoms with E-state index in [0.29, 0.717) is 88.4 Å². The van der Waals surface area contributed by atoms with Gasteiger partial charge >= 0.3 is 93.9 Å². The van der Waals surface area contributed by atoms with Gasteiger partial charge in [-0.2, -0.15) is 0 Å². The van der Waals surface area contributed by atoms with Gasteiger partial charge in [0.25, 0.3) is 0 Å². The van der Waals surface area contributed by atoms with Crippen LogP contribution < -0.4 is 0 Å². The molecule has 0 N–H and O–H groups in total. The first-order valence-corrected chi connectivity index (χ1v) is 35.6. The standard InChI is InChI=1S/10C3H8.2C2H6Xe.12C2H6.24CH4/c12*1-3-2;12*1-2;;;;;;;;;;;;;;;;;;;;;;;;/h10*3H2,1-2H3;2*1-2H3;12*1-2H3;24*1H4. The molecule has 0 aromatic heterocycles. The molecule has 0 saturated heterocycles. The van der Waals surface area contributed by atoms with E-state index in [0.717, 1.165) is 0 Å². The monoisotopic (exact) mass is 1510 g/mol. The minimum absolute atomic E-state index is 0. The molecule has 0 heterocycles. The minimum atomic E-state index is 0. The Balaban J connectivity index is -0.00000000346. The van der Waals surface area contributed by atoms with Gasteiger partial charge in [-0.1, -0.05) is 547 Å². The SMILES string of the molecule is C.C.C.C.C.C.C.C.C.C.C.C.C.C.C.C.C.C.C.C.C.C.C.C.CC.CC.CC.CC.CC.CC.CC.CC.CC.CC.CC.CC.CCC.CCC.CCC.CCC.CCC.CCC.CCC.CCC.CCC.CCC.C[Xe]C.C[Xe]C. The maximum absolute atomic E-state index is 2.22. The van der Waals surface area contributed by atoms with Crippen molar-refractivity contribution in [3.05, 3.63) is 0 Å². The Morgan fingerprint density at radius 2 is 0.107 bits per heavy atom. The average molecular weight is 1510 g/mol. The second kappa shape index (κ2) is 2720. The van der Waals surface area contributed by atoms with Crippen molar-refractivity contribution < 1.29 is 88.4 Å². The molecule has 0 aromatic rings. The van der Waals surface area contributed by atoms with Crippen LogP contribution in [0.25, 0.3) is 0 Å². The maximum atomic E-state index is 2.22. The van der Waals surface area contributed by atoms with E-state index < -0.39 is 0 Å². The van der Waals surface area contributed by atoms with Crippen LogP contribution in [0.4, 0.5) is 0 Å². The summed E-state index contributed by atoms with van der Waals surface area (Å²) in [6.45, 7) is 90.5. The summed E-state index contributed by atoms with van der Waals surface area (Å²) in [6, 6.07) is 0. The molecule has 0 bridgehead atoms. The summed E-state index contributed by atoms with van der Waals surface area (Å²) in [5, 5.41) is 0. The van der Waals surface area contributed by atoms with E-state index in [1.165, 1.54) is 64.2 Å². The van der Waals surface area contributed by atoms with Crippen LogP contribution >= 0.6 is 0 Å². The predicted molar refractivity (Wildman–Crippen MR) is 481 cm³/mol. The summed E-state index contributed by atoms with van der Waals surface area (Å²) in [6.07, 6.45) is 12.5. The van der Waals surface area contributed by atoms with Crippen LogP contribution in [0.5, 0.6) is 0 Å². The molecule has 0 fully saturated rings. The molecular weight excluding hydrogens is 1250 g/mol. The summed E-state index contributed by atoms with van der Waals surface area (Å²) in [5.74, 6) is 0. The van der Waals surface area contributed by atoms with E-state index in [9.17, 15) is 0 Å². The third kappa shape index (κ3) is 61000. The van der Waals surface area contributed by atoms with Crippen molar-refractivity contribution in [1.82, 2.24) is 0 Å². The zero-order valence-electron chi connectivity index (χ0n) is 55.8. The summed E-state index contributed by atoms with van der Waals surface area (Å²) in [4.78, 5) is 0. The van der Waals surface area contributed by atoms with E-state index in [4.69, 9.17) is 0 Å². The van der Waals surface area contributed by atoms with E-state index in [-0.39, 0.29) is 178 Å². The molecule has 0 radical (unpaired) electrons. The average Bonchev–Trinajstić information content (AvgIpc) is 3.30. The van der Waals surface area contributed by atoms with Crippen molar-refractivity contribution >= 4 is 0 Å². The summed E-state index contributed by atoms with van der Waals surface area (Å²) >= 11 is 1.42. The molecular formula is C82H260Xe2. The summed E-state index contributed by atoms with van der Waals surface area (Å²) in [5.41, 5.74) is 0. The molecule has 0 rings (SSSR count). The Labute approximate surface area is 633 Å². The molecule has 604 valence electrons. The van der Waals surface area contributed by atoms with Crippen LogP contribution in [0.3, 0.4) is 0 Å². The molecule has 0 aliphatic carbocycles. The first-order chi connectivity index (χ1) is 29.0. The summed E-state index contributed by atoms with van der Waals surface area (Å²) in [7, 11) is 0. The molecule has 0 aliphatic rings. The van der Waals surface area contributed by atoms with Crippen molar-refractivity contribution in [3.8, 4) is 0 Å². The quantitative estimate of drug-likeness (QED) is 0.227. The first kappa shape index (κ1) is 422. The Morgan fingerprint density at radius 3 is 0.107 bits per heavy atom. The Bertz CT molecular complexity index is 56.7. The van der Waals surface area contributed by atoms with Crippen molar-refractivity contribution in [3.63, 3.8) is 0 Å². The van der Waals surface area contributed by atoms with Crippen LogP contribution in [-0.2, 0) is 0 Å². The van der Waals surface area contributed by atoms with Crippen LogP contribution in [0.2, 0.25) is 5.57 Å². The van der Waals surface area contributed by atoms with Crippen LogP contribution in [0, 0.1) is 88.4 Å². The molecule has 0 spiro atoms. The van der Waals surface area contributed by atoms with Gasteiger partial charge in [-0.15, -0.1) is 0 Å². The first-order valence-electron chi connectivity index (χ1n) is 27.6. The van der Waals surface area contributed by atoms with Crippen LogP contribution in [0.15, 0.2) is 0 Å². The van der Waals surface area contributed by atoms with Crippen molar-refractivity contribution in [2.24, 2.45) is 0 Å². The topological polar surface area (TPSA) is 0 Å². The molecule has 0 atom stereocenters. The zero-order chi connectivity index (χ0) is 56.5. The molecule has 0 aliphatic heterocycles. The third-order valence-electron chi connectivity index (χ3n) is 0. The van der Waals surface area contributed by atoms with Gasteiger partial charge in [-0.25, -0.2) is 0 Å². The van der Waals surface area contributed by atoms with Gasteiger partial charge in [0, 0.05) is 0 Å². The fourth-order valence-electron chi connectivity index (χ4n) is 0. The van der Waals surface area contributed by atoms with Crippen molar-refractivity contribution in [1.29, 1.82) is 0 Å². The Kier molecular flexibility index (Phi) is 13700. The third-order valence-corrected chi connectivity index (χ3v) is 0. The van der Waals surface area contributed by atoms with Gasteiger partial charge < -0.3 is 0 Å².